The van der Waals surface area contributed by atoms with Crippen molar-refractivity contribution in [2.24, 2.45) is 0 Å². The van der Waals surface area contributed by atoms with E-state index in [2.05, 4.69) is 20.9 Å². The van der Waals surface area contributed by atoms with E-state index in [1.807, 2.05) is 50.2 Å². The molecular weight excluding hydrogens is 342 g/mol. The Hall–Kier alpha value is -2.20. The van der Waals surface area contributed by atoms with Crippen molar-refractivity contribution in [1.82, 2.24) is 4.98 Å². The van der Waals surface area contributed by atoms with Crippen molar-refractivity contribution in [2.75, 3.05) is 0 Å². The average molecular weight is 356 g/mol. The van der Waals surface area contributed by atoms with Gasteiger partial charge in [-0.15, -0.1) is 0 Å². The van der Waals surface area contributed by atoms with Gasteiger partial charge in [-0.1, -0.05) is 39.7 Å². The lowest BCUT2D eigenvalue weighted by Crippen LogP contribution is -2.01. The Morgan fingerprint density at radius 3 is 2.41 bits per heavy atom. The minimum atomic E-state index is -0.934. The van der Waals surface area contributed by atoms with Gasteiger partial charge in [-0.05, 0) is 43.7 Å². The molecule has 0 radical (unpaired) electrons. The molecule has 0 aliphatic heterocycles. The van der Waals surface area contributed by atoms with Crippen molar-refractivity contribution >= 4 is 32.8 Å². The molecule has 110 valence electrons. The molecule has 0 atom stereocenters. The lowest BCUT2D eigenvalue weighted by molar-refractivity contribution is 0.0699. The summed E-state index contributed by atoms with van der Waals surface area (Å²) < 4.78 is 0.974. The Labute approximate surface area is 136 Å². The summed E-state index contributed by atoms with van der Waals surface area (Å²) in [5.41, 5.74) is 4.61. The highest BCUT2D eigenvalue weighted by Gasteiger charge is 2.14. The molecule has 2 aromatic carbocycles. The normalized spacial score (nSPS) is 10.9. The molecule has 22 heavy (non-hydrogen) atoms. The van der Waals surface area contributed by atoms with Crippen molar-refractivity contribution in [3.8, 4) is 11.3 Å². The standard InChI is InChI=1S/C18H14BrNO2/c1-10-7-11(2)17-14(8-10)15(18(21)22)9-16(20-17)12-3-5-13(19)6-4-12/h3-9H,1-2H3,(H,21,22). The number of aromatic nitrogens is 1. The Morgan fingerprint density at radius 2 is 1.77 bits per heavy atom. The van der Waals surface area contributed by atoms with Gasteiger partial charge in [0.25, 0.3) is 0 Å². The monoisotopic (exact) mass is 355 g/mol. The highest BCUT2D eigenvalue weighted by atomic mass is 79.9. The van der Waals surface area contributed by atoms with Gasteiger partial charge in [0, 0.05) is 15.4 Å². The number of carboxylic acids is 1. The molecule has 0 unspecified atom stereocenters. The van der Waals surface area contributed by atoms with E-state index >= 15 is 0 Å². The molecule has 3 rings (SSSR count). The summed E-state index contributed by atoms with van der Waals surface area (Å²) in [5.74, 6) is -0.934. The maximum absolute atomic E-state index is 11.6. The van der Waals surface area contributed by atoms with Crippen LogP contribution >= 0.6 is 15.9 Å². The maximum Gasteiger partial charge on any atom is 0.336 e. The second kappa shape index (κ2) is 5.54. The fourth-order valence-electron chi connectivity index (χ4n) is 2.63. The largest absolute Gasteiger partial charge is 0.478 e. The smallest absolute Gasteiger partial charge is 0.336 e. The van der Waals surface area contributed by atoms with E-state index in [0.29, 0.717) is 11.1 Å². The molecular formula is C18H14BrNO2. The minimum absolute atomic E-state index is 0.287. The van der Waals surface area contributed by atoms with Crippen LogP contribution in [0.1, 0.15) is 21.5 Å². The van der Waals surface area contributed by atoms with Crippen LogP contribution in [0.3, 0.4) is 0 Å². The Bertz CT molecular complexity index is 886. The van der Waals surface area contributed by atoms with Crippen molar-refractivity contribution in [3.05, 3.63) is 63.6 Å². The predicted octanol–water partition coefficient (Wildman–Crippen LogP) is 4.98. The van der Waals surface area contributed by atoms with Crippen LogP contribution in [-0.2, 0) is 0 Å². The van der Waals surface area contributed by atoms with Crippen LogP contribution < -0.4 is 0 Å². The van der Waals surface area contributed by atoms with Gasteiger partial charge in [0.05, 0.1) is 16.8 Å². The van der Waals surface area contributed by atoms with Crippen LogP contribution in [0.15, 0.2) is 46.9 Å². The summed E-state index contributed by atoms with van der Waals surface area (Å²) in [6.07, 6.45) is 0. The van der Waals surface area contributed by atoms with Crippen LogP contribution in [-0.4, -0.2) is 16.1 Å². The Kier molecular flexibility index (Phi) is 3.71. The minimum Gasteiger partial charge on any atom is -0.478 e. The third kappa shape index (κ3) is 2.62. The fraction of sp³-hybridized carbons (Fsp3) is 0.111. The molecule has 0 fully saturated rings. The number of carboxylic acid groups (broad SMARTS) is 1. The molecule has 0 amide bonds. The van der Waals surface area contributed by atoms with E-state index in [4.69, 9.17) is 0 Å². The number of hydrogen-bond acceptors (Lipinski definition) is 2. The number of rotatable bonds is 2. The first-order valence-electron chi connectivity index (χ1n) is 6.87. The van der Waals surface area contributed by atoms with E-state index in [0.717, 1.165) is 26.7 Å². The summed E-state index contributed by atoms with van der Waals surface area (Å²) in [6, 6.07) is 13.2. The zero-order valence-electron chi connectivity index (χ0n) is 12.2. The second-order valence-corrected chi connectivity index (χ2v) is 6.26. The van der Waals surface area contributed by atoms with E-state index in [1.54, 1.807) is 6.07 Å². The third-order valence-electron chi connectivity index (χ3n) is 3.62. The van der Waals surface area contributed by atoms with Gasteiger partial charge in [0.1, 0.15) is 0 Å². The molecule has 0 aliphatic rings. The van der Waals surface area contributed by atoms with Crippen LogP contribution in [0, 0.1) is 13.8 Å². The van der Waals surface area contributed by atoms with Crippen molar-refractivity contribution in [1.29, 1.82) is 0 Å². The lowest BCUT2D eigenvalue weighted by atomic mass is 10.00. The van der Waals surface area contributed by atoms with Crippen molar-refractivity contribution < 1.29 is 9.90 Å². The van der Waals surface area contributed by atoms with Gasteiger partial charge in [0.2, 0.25) is 0 Å². The number of pyridine rings is 1. The van der Waals surface area contributed by atoms with Gasteiger partial charge in [-0.25, -0.2) is 9.78 Å². The Morgan fingerprint density at radius 1 is 1.09 bits per heavy atom. The highest BCUT2D eigenvalue weighted by Crippen LogP contribution is 2.28. The molecule has 1 N–H and O–H groups in total. The quantitative estimate of drug-likeness (QED) is 0.705. The summed E-state index contributed by atoms with van der Waals surface area (Å²) in [7, 11) is 0. The van der Waals surface area contributed by atoms with Gasteiger partial charge >= 0.3 is 5.97 Å². The maximum atomic E-state index is 11.6. The first-order valence-corrected chi connectivity index (χ1v) is 7.66. The van der Waals surface area contributed by atoms with Crippen molar-refractivity contribution in [2.45, 2.75) is 13.8 Å². The van der Waals surface area contributed by atoms with Gasteiger partial charge in [0.15, 0.2) is 0 Å². The molecule has 0 bridgehead atoms. The first-order chi connectivity index (χ1) is 10.5. The molecule has 4 heteroatoms. The third-order valence-corrected chi connectivity index (χ3v) is 4.15. The molecule has 0 aliphatic carbocycles. The summed E-state index contributed by atoms with van der Waals surface area (Å²) >= 11 is 3.40. The molecule has 3 aromatic rings. The molecule has 1 aromatic heterocycles. The number of aromatic carboxylic acids is 1. The topological polar surface area (TPSA) is 50.2 Å². The van der Waals surface area contributed by atoms with Crippen LogP contribution in [0.5, 0.6) is 0 Å². The number of halogens is 1. The molecule has 0 saturated heterocycles. The van der Waals surface area contributed by atoms with E-state index in [1.165, 1.54) is 0 Å². The molecule has 1 heterocycles. The summed E-state index contributed by atoms with van der Waals surface area (Å²) in [6.45, 7) is 3.92. The SMILES string of the molecule is Cc1cc(C)c2nc(-c3ccc(Br)cc3)cc(C(=O)O)c2c1. The van der Waals surface area contributed by atoms with Gasteiger partial charge in [-0.2, -0.15) is 0 Å². The average Bonchev–Trinajstić information content (AvgIpc) is 2.47. The number of fused-ring (bicyclic) bond motifs is 1. The fourth-order valence-corrected chi connectivity index (χ4v) is 2.89. The zero-order valence-corrected chi connectivity index (χ0v) is 13.8. The van der Waals surface area contributed by atoms with E-state index in [9.17, 15) is 9.90 Å². The van der Waals surface area contributed by atoms with Crippen LogP contribution in [0.4, 0.5) is 0 Å². The highest BCUT2D eigenvalue weighted by molar-refractivity contribution is 9.10. The number of nitrogens with zero attached hydrogens (tertiary/aromatic N) is 1. The lowest BCUT2D eigenvalue weighted by Gasteiger charge is -2.10. The number of benzene rings is 2. The van der Waals surface area contributed by atoms with Crippen molar-refractivity contribution in [3.63, 3.8) is 0 Å². The predicted molar refractivity (Wildman–Crippen MR) is 91.3 cm³/mol. The van der Waals surface area contributed by atoms with Crippen LogP contribution in [0.25, 0.3) is 22.2 Å². The molecule has 0 spiro atoms. The second-order valence-electron chi connectivity index (χ2n) is 5.35. The first kappa shape index (κ1) is 14.7. The summed E-state index contributed by atoms with van der Waals surface area (Å²) in [5, 5.41) is 10.2. The Balaban J connectivity index is 2.34. The molecule has 0 saturated carbocycles. The number of carbonyl (C=O) groups is 1. The zero-order chi connectivity index (χ0) is 15.9. The van der Waals surface area contributed by atoms with Crippen LogP contribution in [0.2, 0.25) is 0 Å². The summed E-state index contributed by atoms with van der Waals surface area (Å²) in [4.78, 5) is 16.3. The number of aryl methyl sites for hydroxylation is 2. The molecule has 3 nitrogen and oxygen atoms in total. The van der Waals surface area contributed by atoms with E-state index in [-0.39, 0.29) is 5.56 Å². The van der Waals surface area contributed by atoms with Gasteiger partial charge in [-0.3, -0.25) is 0 Å². The van der Waals surface area contributed by atoms with Gasteiger partial charge < -0.3 is 5.11 Å². The van der Waals surface area contributed by atoms with E-state index < -0.39 is 5.97 Å². The number of hydrogen-bond donors (Lipinski definition) is 1.